The van der Waals surface area contributed by atoms with Gasteiger partial charge in [0.25, 0.3) is 5.91 Å². The maximum atomic E-state index is 11.1. The number of carbonyl (C=O) groups is 1. The van der Waals surface area contributed by atoms with E-state index in [0.717, 1.165) is 0 Å². The molecule has 1 aromatic heterocycles. The molecular formula is C6H8N4O2. The Morgan fingerprint density at radius 2 is 2.42 bits per heavy atom. The second-order valence-corrected chi connectivity index (χ2v) is 2.55. The smallest absolute Gasteiger partial charge is 0.260 e. The topological polar surface area (TPSA) is 79.2 Å². The zero-order chi connectivity index (χ0) is 8.72. The minimum absolute atomic E-state index is 0.315. The van der Waals surface area contributed by atoms with Crippen LogP contribution in [-0.2, 0) is 7.05 Å². The molecule has 0 aromatic carbocycles. The number of aromatic nitrogens is 2. The van der Waals surface area contributed by atoms with Gasteiger partial charge in [0.05, 0.1) is 6.20 Å². The van der Waals surface area contributed by atoms with Crippen molar-refractivity contribution in [2.24, 2.45) is 7.05 Å². The van der Waals surface area contributed by atoms with Crippen LogP contribution < -0.4 is 10.6 Å². The first kappa shape index (κ1) is 7.11. The standard InChI is InChI=1S/C6H8N4O2/c1-10-4-3(2-7-10)5(11)9-6(12)8-4/h2,6,8,12H,1H3,(H,9,11). The Bertz CT molecular complexity index is 332. The van der Waals surface area contributed by atoms with E-state index in [-0.39, 0.29) is 5.91 Å². The summed E-state index contributed by atoms with van der Waals surface area (Å²) in [6.07, 6.45) is 0.421. The van der Waals surface area contributed by atoms with E-state index in [1.54, 1.807) is 7.05 Å². The van der Waals surface area contributed by atoms with Crippen molar-refractivity contribution in [1.82, 2.24) is 15.1 Å². The summed E-state index contributed by atoms with van der Waals surface area (Å²) in [5, 5.41) is 17.9. The zero-order valence-electron chi connectivity index (χ0n) is 6.40. The molecule has 2 heterocycles. The quantitative estimate of drug-likeness (QED) is 0.457. The van der Waals surface area contributed by atoms with E-state index in [1.165, 1.54) is 10.9 Å². The van der Waals surface area contributed by atoms with Crippen LogP contribution in [0.1, 0.15) is 10.4 Å². The molecule has 1 amide bonds. The predicted octanol–water partition coefficient (Wildman–Crippen LogP) is -1.15. The fourth-order valence-electron chi connectivity index (χ4n) is 1.14. The largest absolute Gasteiger partial charge is 0.356 e. The fourth-order valence-corrected chi connectivity index (χ4v) is 1.14. The normalized spacial score (nSPS) is 21.2. The lowest BCUT2D eigenvalue weighted by Gasteiger charge is -2.21. The van der Waals surface area contributed by atoms with Crippen molar-refractivity contribution >= 4 is 11.7 Å². The SMILES string of the molecule is Cn1ncc2c1NC(O)NC2=O. The molecule has 3 N–H and O–H groups in total. The van der Waals surface area contributed by atoms with Gasteiger partial charge in [-0.1, -0.05) is 0 Å². The Hall–Kier alpha value is -1.56. The maximum Gasteiger partial charge on any atom is 0.260 e. The molecule has 1 unspecified atom stereocenters. The lowest BCUT2D eigenvalue weighted by Crippen LogP contribution is -2.44. The molecule has 2 rings (SSSR count). The van der Waals surface area contributed by atoms with E-state index < -0.39 is 6.35 Å². The van der Waals surface area contributed by atoms with E-state index in [1.807, 2.05) is 0 Å². The van der Waals surface area contributed by atoms with Crippen LogP contribution in [0, 0.1) is 0 Å². The van der Waals surface area contributed by atoms with Crippen molar-refractivity contribution < 1.29 is 9.90 Å². The Kier molecular flexibility index (Phi) is 1.31. The van der Waals surface area contributed by atoms with Gasteiger partial charge in [0.15, 0.2) is 0 Å². The molecule has 1 aromatic rings. The number of rotatable bonds is 0. The van der Waals surface area contributed by atoms with Crippen molar-refractivity contribution in [2.75, 3.05) is 5.32 Å². The van der Waals surface area contributed by atoms with Crippen molar-refractivity contribution in [3.63, 3.8) is 0 Å². The van der Waals surface area contributed by atoms with Crippen LogP contribution in [0.25, 0.3) is 0 Å². The van der Waals surface area contributed by atoms with Gasteiger partial charge in [-0.05, 0) is 0 Å². The first-order valence-corrected chi connectivity index (χ1v) is 3.46. The third-order valence-corrected chi connectivity index (χ3v) is 1.72. The van der Waals surface area contributed by atoms with Crippen LogP contribution in [-0.4, -0.2) is 27.1 Å². The van der Waals surface area contributed by atoms with Crippen LogP contribution in [0.4, 0.5) is 5.82 Å². The van der Waals surface area contributed by atoms with Crippen LogP contribution in [0.3, 0.4) is 0 Å². The summed E-state index contributed by atoms with van der Waals surface area (Å²) in [6.45, 7) is 0. The molecule has 0 spiro atoms. The van der Waals surface area contributed by atoms with Crippen LogP contribution in [0.15, 0.2) is 6.20 Å². The number of nitrogens with zero attached hydrogens (tertiary/aromatic N) is 2. The molecule has 0 aliphatic carbocycles. The molecule has 1 aliphatic heterocycles. The highest BCUT2D eigenvalue weighted by Gasteiger charge is 2.24. The van der Waals surface area contributed by atoms with E-state index in [2.05, 4.69) is 15.7 Å². The Morgan fingerprint density at radius 1 is 1.67 bits per heavy atom. The minimum atomic E-state index is -1.03. The molecule has 6 heteroatoms. The molecule has 12 heavy (non-hydrogen) atoms. The van der Waals surface area contributed by atoms with Gasteiger partial charge in [-0.15, -0.1) is 0 Å². The van der Waals surface area contributed by atoms with Crippen LogP contribution >= 0.6 is 0 Å². The molecule has 1 atom stereocenters. The molecule has 0 saturated carbocycles. The third kappa shape index (κ3) is 0.850. The van der Waals surface area contributed by atoms with Gasteiger partial charge in [-0.2, -0.15) is 5.10 Å². The van der Waals surface area contributed by atoms with Crippen LogP contribution in [0.2, 0.25) is 0 Å². The van der Waals surface area contributed by atoms with Crippen molar-refractivity contribution in [2.45, 2.75) is 6.35 Å². The molecule has 0 bridgehead atoms. The highest BCUT2D eigenvalue weighted by atomic mass is 16.3. The molecule has 0 fully saturated rings. The number of hydrogen-bond acceptors (Lipinski definition) is 4. The molecule has 1 aliphatic rings. The summed E-state index contributed by atoms with van der Waals surface area (Å²) in [4.78, 5) is 11.1. The second kappa shape index (κ2) is 2.21. The van der Waals surface area contributed by atoms with E-state index in [9.17, 15) is 4.79 Å². The maximum absolute atomic E-state index is 11.1. The lowest BCUT2D eigenvalue weighted by molar-refractivity contribution is 0.0812. The number of nitrogens with one attached hydrogen (secondary N) is 2. The summed E-state index contributed by atoms with van der Waals surface area (Å²) >= 11 is 0. The summed E-state index contributed by atoms with van der Waals surface area (Å²) in [7, 11) is 1.69. The number of aliphatic hydroxyl groups is 1. The molecular weight excluding hydrogens is 160 g/mol. The van der Waals surface area contributed by atoms with Gasteiger partial charge in [0.2, 0.25) is 6.35 Å². The van der Waals surface area contributed by atoms with E-state index in [0.29, 0.717) is 11.4 Å². The van der Waals surface area contributed by atoms with Gasteiger partial charge in [-0.25, -0.2) is 0 Å². The molecule has 0 saturated heterocycles. The van der Waals surface area contributed by atoms with E-state index in [4.69, 9.17) is 5.11 Å². The Morgan fingerprint density at radius 3 is 3.17 bits per heavy atom. The minimum Gasteiger partial charge on any atom is -0.356 e. The number of amides is 1. The average Bonchev–Trinajstić information content (AvgIpc) is 2.33. The van der Waals surface area contributed by atoms with Gasteiger partial charge in [0.1, 0.15) is 11.4 Å². The second-order valence-electron chi connectivity index (χ2n) is 2.55. The molecule has 6 nitrogen and oxygen atoms in total. The lowest BCUT2D eigenvalue weighted by atomic mass is 10.3. The monoisotopic (exact) mass is 168 g/mol. The first-order chi connectivity index (χ1) is 5.68. The Labute approximate surface area is 68.2 Å². The summed E-state index contributed by atoms with van der Waals surface area (Å²) in [5.74, 6) is 0.218. The fraction of sp³-hybridized carbons (Fsp3) is 0.333. The highest BCUT2D eigenvalue weighted by molar-refractivity contribution is 6.00. The number of carbonyl (C=O) groups excluding carboxylic acids is 1. The van der Waals surface area contributed by atoms with Crippen molar-refractivity contribution in [3.05, 3.63) is 11.8 Å². The molecule has 0 radical (unpaired) electrons. The first-order valence-electron chi connectivity index (χ1n) is 3.46. The zero-order valence-corrected chi connectivity index (χ0v) is 6.40. The number of aryl methyl sites for hydroxylation is 1. The third-order valence-electron chi connectivity index (χ3n) is 1.72. The van der Waals surface area contributed by atoms with Gasteiger partial charge < -0.3 is 15.7 Å². The predicted molar refractivity (Wildman–Crippen MR) is 40.3 cm³/mol. The van der Waals surface area contributed by atoms with Gasteiger partial charge >= 0.3 is 0 Å². The van der Waals surface area contributed by atoms with Gasteiger partial charge in [0, 0.05) is 7.05 Å². The number of aliphatic hydroxyl groups excluding tert-OH is 1. The van der Waals surface area contributed by atoms with Crippen LogP contribution in [0.5, 0.6) is 0 Å². The summed E-state index contributed by atoms with van der Waals surface area (Å²) < 4.78 is 1.50. The van der Waals surface area contributed by atoms with Crippen molar-refractivity contribution in [3.8, 4) is 0 Å². The summed E-state index contributed by atoms with van der Waals surface area (Å²) in [5.41, 5.74) is 0.447. The Balaban J connectivity index is 2.50. The number of hydrogen-bond donors (Lipinski definition) is 3. The number of anilines is 1. The highest BCUT2D eigenvalue weighted by Crippen LogP contribution is 2.17. The van der Waals surface area contributed by atoms with Crippen molar-refractivity contribution in [1.29, 1.82) is 0 Å². The molecule has 64 valence electrons. The summed E-state index contributed by atoms with van der Waals surface area (Å²) in [6, 6.07) is 0. The average molecular weight is 168 g/mol. The van der Waals surface area contributed by atoms with E-state index >= 15 is 0 Å². The number of fused-ring (bicyclic) bond motifs is 1. The van der Waals surface area contributed by atoms with Gasteiger partial charge in [-0.3, -0.25) is 9.48 Å².